The molecule has 0 aliphatic carbocycles. The number of likely N-dealkylation sites (N-methyl/N-ethyl adjacent to an activating group) is 1. The van der Waals surface area contributed by atoms with Crippen LogP contribution in [0.5, 0.6) is 17.2 Å². The lowest BCUT2D eigenvalue weighted by molar-refractivity contribution is 0.0963. The molecule has 1 unspecified atom stereocenters. The van der Waals surface area contributed by atoms with Gasteiger partial charge in [0.25, 0.3) is 5.91 Å². The summed E-state index contributed by atoms with van der Waals surface area (Å²) >= 11 is 0. The largest absolute Gasteiger partial charge is 0.492 e. The molecule has 1 atom stereocenters. The van der Waals surface area contributed by atoms with Crippen LogP contribution >= 0.6 is 0 Å². The molecule has 1 N–H and O–H groups in total. The van der Waals surface area contributed by atoms with Crippen LogP contribution in [0.15, 0.2) is 30.3 Å². The molecule has 3 aromatic rings. The summed E-state index contributed by atoms with van der Waals surface area (Å²) in [5.41, 5.74) is 3.41. The fourth-order valence-electron chi connectivity index (χ4n) is 4.21. The van der Waals surface area contributed by atoms with Crippen molar-refractivity contribution in [3.05, 3.63) is 52.8 Å². The number of benzene rings is 2. The fraction of sp³-hybridized carbons (Fsp3) is 0.333. The predicted molar refractivity (Wildman–Crippen MR) is 110 cm³/mol. The van der Waals surface area contributed by atoms with Gasteiger partial charge in [0.1, 0.15) is 6.04 Å². The van der Waals surface area contributed by atoms with Crippen molar-refractivity contribution in [2.45, 2.75) is 12.5 Å². The van der Waals surface area contributed by atoms with Gasteiger partial charge in [0, 0.05) is 24.7 Å². The van der Waals surface area contributed by atoms with Crippen LogP contribution in [0.25, 0.3) is 5.69 Å². The molecule has 2 aliphatic heterocycles. The van der Waals surface area contributed by atoms with Gasteiger partial charge < -0.3 is 19.5 Å². The summed E-state index contributed by atoms with van der Waals surface area (Å²) in [5, 5.41) is 15.1. The highest BCUT2D eigenvalue weighted by Gasteiger charge is 2.37. The van der Waals surface area contributed by atoms with E-state index in [9.17, 15) is 4.79 Å². The van der Waals surface area contributed by atoms with Crippen LogP contribution < -0.4 is 19.5 Å². The third kappa shape index (κ3) is 3.07. The molecular formula is C21H22N6O4. The lowest BCUT2D eigenvalue weighted by Gasteiger charge is -2.34. The molecule has 2 aromatic carbocycles. The summed E-state index contributed by atoms with van der Waals surface area (Å²) < 4.78 is 18.8. The second kappa shape index (κ2) is 7.55. The topological polar surface area (TPSA) is 104 Å². The lowest BCUT2D eigenvalue weighted by atomic mass is 9.90. The van der Waals surface area contributed by atoms with E-state index in [1.807, 2.05) is 25.2 Å². The number of nitrogens with one attached hydrogen (secondary N) is 1. The van der Waals surface area contributed by atoms with E-state index in [0.29, 0.717) is 28.6 Å². The van der Waals surface area contributed by atoms with E-state index in [-0.39, 0.29) is 18.7 Å². The summed E-state index contributed by atoms with van der Waals surface area (Å²) in [5.74, 6) is 2.45. The monoisotopic (exact) mass is 422 g/mol. The molecule has 5 rings (SSSR count). The Hall–Kier alpha value is -3.66. The van der Waals surface area contributed by atoms with Gasteiger partial charge in [0.05, 0.1) is 12.8 Å². The predicted octanol–water partition coefficient (Wildman–Crippen LogP) is 1.34. The molecule has 2 aliphatic rings. The Morgan fingerprint density at radius 3 is 2.81 bits per heavy atom. The second-order valence-corrected chi connectivity index (χ2v) is 7.42. The van der Waals surface area contributed by atoms with Crippen LogP contribution in [0.2, 0.25) is 0 Å². The number of rotatable bonds is 4. The molecule has 0 bridgehead atoms. The van der Waals surface area contributed by atoms with Gasteiger partial charge in [0.2, 0.25) is 12.5 Å². The van der Waals surface area contributed by atoms with Crippen molar-refractivity contribution in [2.24, 2.45) is 0 Å². The third-order valence-corrected chi connectivity index (χ3v) is 5.74. The van der Waals surface area contributed by atoms with Crippen LogP contribution in [0, 0.1) is 0 Å². The van der Waals surface area contributed by atoms with E-state index in [0.717, 1.165) is 29.8 Å². The Bertz CT molecular complexity index is 1140. The quantitative estimate of drug-likeness (QED) is 0.672. The van der Waals surface area contributed by atoms with Crippen molar-refractivity contribution >= 4 is 5.91 Å². The molecular weight excluding hydrogens is 400 g/mol. The van der Waals surface area contributed by atoms with Crippen LogP contribution in [-0.4, -0.2) is 65.6 Å². The lowest BCUT2D eigenvalue weighted by Crippen LogP contribution is -2.35. The van der Waals surface area contributed by atoms with Gasteiger partial charge in [-0.2, -0.15) is 4.68 Å². The Labute approximate surface area is 178 Å². The summed E-state index contributed by atoms with van der Waals surface area (Å²) in [6.07, 6.45) is 0.845. The fourth-order valence-corrected chi connectivity index (χ4v) is 4.21. The van der Waals surface area contributed by atoms with Gasteiger partial charge in [-0.1, -0.05) is 0 Å². The molecule has 10 heteroatoms. The maximum absolute atomic E-state index is 11.9. The van der Waals surface area contributed by atoms with E-state index in [4.69, 9.17) is 14.2 Å². The Kier molecular flexibility index (Phi) is 4.70. The summed E-state index contributed by atoms with van der Waals surface area (Å²) in [7, 11) is 5.26. The Morgan fingerprint density at radius 1 is 1.26 bits per heavy atom. The van der Waals surface area contributed by atoms with Gasteiger partial charge in [-0.25, -0.2) is 0 Å². The number of fused-ring (bicyclic) bond motifs is 2. The van der Waals surface area contributed by atoms with Gasteiger partial charge in [0.15, 0.2) is 17.3 Å². The first-order valence-corrected chi connectivity index (χ1v) is 9.92. The molecule has 0 radical (unpaired) electrons. The summed E-state index contributed by atoms with van der Waals surface area (Å²) in [6.45, 7) is 0.994. The molecule has 31 heavy (non-hydrogen) atoms. The molecule has 10 nitrogen and oxygen atoms in total. The minimum atomic E-state index is -0.248. The van der Waals surface area contributed by atoms with Crippen molar-refractivity contribution in [3.63, 3.8) is 0 Å². The average molecular weight is 422 g/mol. The van der Waals surface area contributed by atoms with E-state index in [1.165, 1.54) is 0 Å². The highest BCUT2D eigenvalue weighted by atomic mass is 16.7. The van der Waals surface area contributed by atoms with Crippen molar-refractivity contribution < 1.29 is 19.0 Å². The molecule has 0 saturated heterocycles. The molecule has 0 spiro atoms. The number of tetrazole rings is 1. The molecule has 0 saturated carbocycles. The molecule has 160 valence electrons. The number of carbonyl (C=O) groups is 1. The molecule has 1 aromatic heterocycles. The number of nitrogens with zero attached hydrogens (tertiary/aromatic N) is 5. The van der Waals surface area contributed by atoms with Crippen LogP contribution in [0.4, 0.5) is 0 Å². The maximum atomic E-state index is 11.9. The Morgan fingerprint density at radius 2 is 2.06 bits per heavy atom. The zero-order valence-corrected chi connectivity index (χ0v) is 17.5. The average Bonchev–Trinajstić information content (AvgIpc) is 3.47. The first kappa shape index (κ1) is 19.3. The van der Waals surface area contributed by atoms with Crippen molar-refractivity contribution in [2.75, 3.05) is 34.5 Å². The van der Waals surface area contributed by atoms with Crippen molar-refractivity contribution in [3.8, 4) is 22.9 Å². The number of hydrogen-bond donors (Lipinski definition) is 1. The normalized spacial score (nSPS) is 17.3. The summed E-state index contributed by atoms with van der Waals surface area (Å²) in [4.78, 5) is 14.1. The third-order valence-electron chi connectivity index (χ3n) is 5.74. The molecule has 1 amide bonds. The maximum Gasteiger partial charge on any atom is 0.251 e. The number of ether oxygens (including phenoxy) is 3. The molecule has 0 fully saturated rings. The number of aromatic nitrogens is 4. The summed E-state index contributed by atoms with van der Waals surface area (Å²) in [6, 6.07) is 8.91. The van der Waals surface area contributed by atoms with E-state index in [2.05, 4.69) is 25.7 Å². The van der Waals surface area contributed by atoms with E-state index < -0.39 is 0 Å². The van der Waals surface area contributed by atoms with E-state index >= 15 is 0 Å². The SMILES string of the molecule is CNC(=O)c1ccc(-n2nnnc2C2c3c(cc4c(c3OC)OCO4)CCN2C)cc1. The zero-order chi connectivity index (χ0) is 21.5. The van der Waals surface area contributed by atoms with Crippen molar-refractivity contribution in [1.29, 1.82) is 0 Å². The Balaban J connectivity index is 1.62. The van der Waals surface area contributed by atoms with E-state index in [1.54, 1.807) is 31.0 Å². The van der Waals surface area contributed by atoms with Gasteiger partial charge in [-0.3, -0.25) is 9.69 Å². The minimum Gasteiger partial charge on any atom is -0.492 e. The standard InChI is InChI=1S/C21H22N6O4/c1-22-21(28)12-4-6-14(7-5-12)27-20(23-24-25-27)17-16-13(8-9-26(17)2)10-15-18(19(16)29-3)31-11-30-15/h4-7,10,17H,8-9,11H2,1-3H3,(H,22,28). The number of carbonyl (C=O) groups excluding carboxylic acids is 1. The van der Waals surface area contributed by atoms with Crippen LogP contribution in [0.3, 0.4) is 0 Å². The smallest absolute Gasteiger partial charge is 0.251 e. The zero-order valence-electron chi connectivity index (χ0n) is 17.5. The second-order valence-electron chi connectivity index (χ2n) is 7.42. The highest BCUT2D eigenvalue weighted by Crippen LogP contribution is 2.50. The van der Waals surface area contributed by atoms with Crippen LogP contribution in [-0.2, 0) is 6.42 Å². The minimum absolute atomic E-state index is 0.148. The highest BCUT2D eigenvalue weighted by molar-refractivity contribution is 5.94. The molecule has 3 heterocycles. The van der Waals surface area contributed by atoms with Crippen molar-refractivity contribution in [1.82, 2.24) is 30.4 Å². The van der Waals surface area contributed by atoms with Gasteiger partial charge in [-0.15, -0.1) is 5.10 Å². The first-order valence-electron chi connectivity index (χ1n) is 9.92. The number of amides is 1. The van der Waals surface area contributed by atoms with Gasteiger partial charge >= 0.3 is 0 Å². The number of hydrogen-bond acceptors (Lipinski definition) is 8. The first-order chi connectivity index (χ1) is 15.1. The van der Waals surface area contributed by atoms with Crippen LogP contribution in [0.1, 0.15) is 33.4 Å². The number of methoxy groups -OCH3 is 1. The van der Waals surface area contributed by atoms with Gasteiger partial charge in [-0.05, 0) is 59.8 Å².